The molecule has 0 aliphatic rings. The second-order valence-electron chi connectivity index (χ2n) is 6.36. The Hall–Kier alpha value is -0.393. The van der Waals surface area contributed by atoms with Crippen LogP contribution in [0.15, 0.2) is 0 Å². The molecule has 0 unspecified atom stereocenters. The first-order chi connectivity index (χ1) is 7.99. The van der Waals surface area contributed by atoms with Gasteiger partial charge in [0.2, 0.25) is 0 Å². The zero-order chi connectivity index (χ0) is 14.6. The second kappa shape index (κ2) is 6.68. The summed E-state index contributed by atoms with van der Waals surface area (Å²) in [5.41, 5.74) is 0. The van der Waals surface area contributed by atoms with Crippen LogP contribution in [-0.4, -0.2) is 38.7 Å². The fourth-order valence-electron chi connectivity index (χ4n) is 1.47. The molecule has 1 N–H and O–H groups in total. The molecule has 4 nitrogen and oxygen atoms in total. The first-order valence-electron chi connectivity index (χ1n) is 6.42. The normalized spacial score (nSPS) is 16.2. The van der Waals surface area contributed by atoms with Crippen LogP contribution in [0.5, 0.6) is 0 Å². The van der Waals surface area contributed by atoms with Gasteiger partial charge in [-0.25, -0.2) is 0 Å². The Morgan fingerprint density at radius 1 is 1.33 bits per heavy atom. The third-order valence-corrected chi connectivity index (χ3v) is 8.14. The highest BCUT2D eigenvalue weighted by Crippen LogP contribution is 2.37. The monoisotopic (exact) mass is 276 g/mol. The maximum absolute atomic E-state index is 11.0. The molecule has 0 bridgehead atoms. The molecule has 0 aliphatic heterocycles. The fourth-order valence-corrected chi connectivity index (χ4v) is 2.93. The van der Waals surface area contributed by atoms with Crippen molar-refractivity contribution in [2.24, 2.45) is 0 Å². The molecule has 0 heterocycles. The molecule has 0 amide bonds. The standard InChI is InChI=1S/C13H28O4Si/c1-10(8-11(14)9-12(15)16-5)17-18(6,7)13(2,3)4/h10-11,14H,8-9H2,1-7H3/t10-,11+/m0/s1. The third kappa shape index (κ3) is 5.98. The highest BCUT2D eigenvalue weighted by Gasteiger charge is 2.38. The van der Waals surface area contributed by atoms with Gasteiger partial charge in [0.05, 0.1) is 19.6 Å². The predicted molar refractivity (Wildman–Crippen MR) is 75.0 cm³/mol. The van der Waals surface area contributed by atoms with E-state index in [0.717, 1.165) is 0 Å². The van der Waals surface area contributed by atoms with Crippen molar-refractivity contribution in [1.29, 1.82) is 0 Å². The van der Waals surface area contributed by atoms with E-state index in [1.165, 1.54) is 7.11 Å². The van der Waals surface area contributed by atoms with Gasteiger partial charge in [-0.2, -0.15) is 0 Å². The Balaban J connectivity index is 4.27. The van der Waals surface area contributed by atoms with Gasteiger partial charge in [0.25, 0.3) is 0 Å². The lowest BCUT2D eigenvalue weighted by Crippen LogP contribution is -2.44. The van der Waals surface area contributed by atoms with Crippen molar-refractivity contribution in [2.75, 3.05) is 7.11 Å². The van der Waals surface area contributed by atoms with Crippen LogP contribution in [0.2, 0.25) is 18.1 Å². The predicted octanol–water partition coefficient (Wildman–Crippen LogP) is 2.71. The van der Waals surface area contributed by atoms with Crippen LogP contribution >= 0.6 is 0 Å². The van der Waals surface area contributed by atoms with Gasteiger partial charge in [0, 0.05) is 6.10 Å². The average Bonchev–Trinajstić information content (AvgIpc) is 2.13. The summed E-state index contributed by atoms with van der Waals surface area (Å²) in [6.07, 6.45) is -0.258. The van der Waals surface area contributed by atoms with E-state index in [2.05, 4.69) is 38.6 Å². The van der Waals surface area contributed by atoms with Gasteiger partial charge in [0.15, 0.2) is 8.32 Å². The molecule has 0 fully saturated rings. The van der Waals surface area contributed by atoms with Crippen LogP contribution in [0.1, 0.15) is 40.5 Å². The van der Waals surface area contributed by atoms with Crippen molar-refractivity contribution in [3.8, 4) is 0 Å². The molecule has 0 aromatic heterocycles. The van der Waals surface area contributed by atoms with E-state index in [-0.39, 0.29) is 23.5 Å². The van der Waals surface area contributed by atoms with Crippen molar-refractivity contribution < 1.29 is 19.1 Å². The zero-order valence-corrected chi connectivity index (χ0v) is 13.7. The van der Waals surface area contributed by atoms with E-state index in [4.69, 9.17) is 4.43 Å². The summed E-state index contributed by atoms with van der Waals surface area (Å²) in [7, 11) is -0.486. The van der Waals surface area contributed by atoms with E-state index < -0.39 is 14.4 Å². The SMILES string of the molecule is COC(=O)C[C@H](O)C[C@H](C)O[Si](C)(C)C(C)(C)C. The lowest BCUT2D eigenvalue weighted by Gasteiger charge is -2.38. The molecular formula is C13H28O4Si. The highest BCUT2D eigenvalue weighted by atomic mass is 28.4. The number of rotatable bonds is 6. The minimum Gasteiger partial charge on any atom is -0.469 e. The lowest BCUT2D eigenvalue weighted by molar-refractivity contribution is -0.143. The molecule has 0 aliphatic carbocycles. The molecule has 108 valence electrons. The summed E-state index contributed by atoms with van der Waals surface area (Å²) < 4.78 is 10.6. The maximum Gasteiger partial charge on any atom is 0.308 e. The van der Waals surface area contributed by atoms with Gasteiger partial charge in [-0.15, -0.1) is 0 Å². The van der Waals surface area contributed by atoms with Crippen molar-refractivity contribution in [1.82, 2.24) is 0 Å². The number of carbonyl (C=O) groups is 1. The minimum absolute atomic E-state index is 0.0295. The molecular weight excluding hydrogens is 248 g/mol. The number of ether oxygens (including phenoxy) is 1. The van der Waals surface area contributed by atoms with E-state index in [0.29, 0.717) is 6.42 Å². The Morgan fingerprint density at radius 2 is 1.83 bits per heavy atom. The molecule has 18 heavy (non-hydrogen) atoms. The van der Waals surface area contributed by atoms with Crippen LogP contribution in [0.3, 0.4) is 0 Å². The van der Waals surface area contributed by atoms with Gasteiger partial charge in [-0.05, 0) is 31.5 Å². The topological polar surface area (TPSA) is 55.8 Å². The van der Waals surface area contributed by atoms with Crippen molar-refractivity contribution in [3.63, 3.8) is 0 Å². The van der Waals surface area contributed by atoms with E-state index >= 15 is 0 Å². The number of aliphatic hydroxyl groups excluding tert-OH is 1. The zero-order valence-electron chi connectivity index (χ0n) is 12.7. The van der Waals surface area contributed by atoms with Gasteiger partial charge in [-0.3, -0.25) is 4.79 Å². The van der Waals surface area contributed by atoms with Crippen molar-refractivity contribution in [2.45, 2.75) is 70.9 Å². The number of carbonyl (C=O) groups excluding carboxylic acids is 1. The van der Waals surface area contributed by atoms with E-state index in [1.54, 1.807) is 0 Å². The summed E-state index contributed by atoms with van der Waals surface area (Å²) in [4.78, 5) is 11.0. The van der Waals surface area contributed by atoms with E-state index in [1.807, 2.05) is 6.92 Å². The van der Waals surface area contributed by atoms with Gasteiger partial charge in [0.1, 0.15) is 0 Å². The van der Waals surface area contributed by atoms with Crippen LogP contribution < -0.4 is 0 Å². The van der Waals surface area contributed by atoms with Crippen molar-refractivity contribution in [3.05, 3.63) is 0 Å². The van der Waals surface area contributed by atoms with Gasteiger partial charge in [-0.1, -0.05) is 20.8 Å². The number of hydrogen-bond donors (Lipinski definition) is 1. The fraction of sp³-hybridized carbons (Fsp3) is 0.923. The third-order valence-electron chi connectivity index (χ3n) is 3.54. The van der Waals surface area contributed by atoms with E-state index in [9.17, 15) is 9.90 Å². The smallest absolute Gasteiger partial charge is 0.308 e. The maximum atomic E-state index is 11.0. The first-order valence-corrected chi connectivity index (χ1v) is 9.33. The second-order valence-corrected chi connectivity index (χ2v) is 11.1. The van der Waals surface area contributed by atoms with Crippen LogP contribution in [0, 0.1) is 0 Å². The average molecular weight is 276 g/mol. The number of aliphatic hydroxyl groups is 1. The Kier molecular flexibility index (Phi) is 6.53. The van der Waals surface area contributed by atoms with Crippen molar-refractivity contribution >= 4 is 14.3 Å². The Bertz CT molecular complexity index is 271. The molecule has 5 heteroatoms. The molecule has 0 saturated carbocycles. The minimum atomic E-state index is -1.81. The highest BCUT2D eigenvalue weighted by molar-refractivity contribution is 6.74. The molecule has 0 saturated heterocycles. The lowest BCUT2D eigenvalue weighted by atomic mass is 10.1. The van der Waals surface area contributed by atoms with Crippen LogP contribution in [0.25, 0.3) is 0 Å². The molecule has 0 aromatic rings. The largest absolute Gasteiger partial charge is 0.469 e. The summed E-state index contributed by atoms with van der Waals surface area (Å²) >= 11 is 0. The Morgan fingerprint density at radius 3 is 2.22 bits per heavy atom. The number of methoxy groups -OCH3 is 1. The molecule has 0 rings (SSSR count). The molecule has 0 spiro atoms. The summed E-state index contributed by atoms with van der Waals surface area (Å²) in [5, 5.41) is 9.90. The number of esters is 1. The number of hydrogen-bond acceptors (Lipinski definition) is 4. The molecule has 0 aromatic carbocycles. The summed E-state index contributed by atoms with van der Waals surface area (Å²) in [5.74, 6) is -0.387. The molecule has 0 radical (unpaired) electrons. The van der Waals surface area contributed by atoms with Crippen LogP contribution in [0.4, 0.5) is 0 Å². The first kappa shape index (κ1) is 17.6. The summed E-state index contributed by atoms with van der Waals surface area (Å²) in [6.45, 7) is 12.8. The van der Waals surface area contributed by atoms with Crippen LogP contribution in [-0.2, 0) is 14.0 Å². The summed E-state index contributed by atoms with van der Waals surface area (Å²) in [6, 6.07) is 0. The molecule has 2 atom stereocenters. The Labute approximate surface area is 112 Å². The van der Waals surface area contributed by atoms with Gasteiger partial charge < -0.3 is 14.3 Å². The quantitative estimate of drug-likeness (QED) is 0.598. The van der Waals surface area contributed by atoms with Gasteiger partial charge >= 0.3 is 5.97 Å².